The molecule has 0 aliphatic carbocycles. The highest BCUT2D eigenvalue weighted by Crippen LogP contribution is 2.44. The summed E-state index contributed by atoms with van der Waals surface area (Å²) in [6.07, 6.45) is 5.36. The molecule has 2 aliphatic rings. The molecule has 2 atom stereocenters. The lowest BCUT2D eigenvalue weighted by atomic mass is 9.80. The maximum Gasteiger partial charge on any atom is 0.257 e. The minimum Gasteiger partial charge on any atom is -0.378 e. The highest BCUT2D eigenvalue weighted by atomic mass is 16.5. The van der Waals surface area contributed by atoms with Gasteiger partial charge >= 0.3 is 0 Å². The minimum absolute atomic E-state index is 0.0346. The van der Waals surface area contributed by atoms with Crippen LogP contribution >= 0.6 is 0 Å². The number of amides is 1. The predicted molar refractivity (Wildman–Crippen MR) is 121 cm³/mol. The monoisotopic (exact) mass is 423 g/mol. The Morgan fingerprint density at radius 2 is 1.94 bits per heavy atom. The molecule has 0 saturated carbocycles. The maximum atomic E-state index is 13.2. The van der Waals surface area contributed by atoms with E-state index in [0.717, 1.165) is 25.7 Å². The second-order valence-corrected chi connectivity index (χ2v) is 8.78. The van der Waals surface area contributed by atoms with E-state index in [-0.39, 0.29) is 23.7 Å². The lowest BCUT2D eigenvalue weighted by molar-refractivity contribution is -0.190. The third kappa shape index (κ3) is 4.75. The van der Waals surface area contributed by atoms with Crippen LogP contribution in [0.5, 0.6) is 0 Å². The Labute approximate surface area is 185 Å². The quantitative estimate of drug-likeness (QED) is 0.725. The number of piperidine rings is 1. The van der Waals surface area contributed by atoms with Crippen LogP contribution in [0.1, 0.15) is 54.6 Å². The molecular formula is C25H33N3O3. The van der Waals surface area contributed by atoms with E-state index < -0.39 is 0 Å². The number of pyridine rings is 1. The number of aromatic nitrogens is 1. The van der Waals surface area contributed by atoms with Crippen LogP contribution in [-0.4, -0.2) is 61.3 Å². The SMILES string of the molecule is CCO[C@H]1C[C@@H](c2ccccc2)OC2(CCN(C(=O)c3cccnc3N(C)C)CC2)C1. The van der Waals surface area contributed by atoms with Gasteiger partial charge in [0.1, 0.15) is 5.82 Å². The number of anilines is 1. The van der Waals surface area contributed by atoms with Crippen LogP contribution in [0.4, 0.5) is 5.82 Å². The van der Waals surface area contributed by atoms with Crippen LogP contribution in [0.15, 0.2) is 48.7 Å². The first kappa shape index (κ1) is 21.8. The fraction of sp³-hybridized carbons (Fsp3) is 0.520. The van der Waals surface area contributed by atoms with Crippen molar-refractivity contribution in [1.29, 1.82) is 0 Å². The highest BCUT2D eigenvalue weighted by molar-refractivity contribution is 5.98. The van der Waals surface area contributed by atoms with Crippen molar-refractivity contribution in [2.75, 3.05) is 38.7 Å². The van der Waals surface area contributed by atoms with E-state index in [9.17, 15) is 4.79 Å². The molecule has 0 N–H and O–H groups in total. The van der Waals surface area contributed by atoms with E-state index in [1.165, 1.54) is 5.56 Å². The molecule has 1 spiro atoms. The van der Waals surface area contributed by atoms with Gasteiger partial charge in [-0.25, -0.2) is 4.98 Å². The van der Waals surface area contributed by atoms with Crippen molar-refractivity contribution in [3.63, 3.8) is 0 Å². The average molecular weight is 424 g/mol. The second kappa shape index (κ2) is 9.37. The van der Waals surface area contributed by atoms with Crippen LogP contribution < -0.4 is 4.90 Å². The first-order valence-corrected chi connectivity index (χ1v) is 11.3. The first-order valence-electron chi connectivity index (χ1n) is 11.3. The Balaban J connectivity index is 1.48. The maximum absolute atomic E-state index is 13.2. The second-order valence-electron chi connectivity index (χ2n) is 8.78. The zero-order chi connectivity index (χ0) is 21.8. The molecule has 166 valence electrons. The largest absolute Gasteiger partial charge is 0.378 e. The molecule has 6 nitrogen and oxygen atoms in total. The van der Waals surface area contributed by atoms with Gasteiger partial charge in [-0.2, -0.15) is 0 Å². The molecule has 1 aromatic carbocycles. The summed E-state index contributed by atoms with van der Waals surface area (Å²) in [6, 6.07) is 14.1. The summed E-state index contributed by atoms with van der Waals surface area (Å²) < 4.78 is 12.8. The van der Waals surface area contributed by atoms with Gasteiger partial charge in [-0.3, -0.25) is 4.79 Å². The zero-order valence-electron chi connectivity index (χ0n) is 18.8. The number of carbonyl (C=O) groups excluding carboxylic acids is 1. The van der Waals surface area contributed by atoms with E-state index >= 15 is 0 Å². The third-order valence-electron chi connectivity index (χ3n) is 6.45. The van der Waals surface area contributed by atoms with Crippen molar-refractivity contribution in [2.45, 2.75) is 50.4 Å². The molecule has 3 heterocycles. The standard InChI is InChI=1S/C25H33N3O3/c1-4-30-20-17-22(19-9-6-5-7-10-19)31-25(18-20)12-15-28(16-13-25)24(29)21-11-8-14-26-23(21)27(2)3/h5-11,14,20,22H,4,12-13,15-18H2,1-3H3/t20-,22-/m0/s1. The normalized spacial score (nSPS) is 23.0. The number of carbonyl (C=O) groups is 1. The van der Waals surface area contributed by atoms with Crippen molar-refractivity contribution in [2.24, 2.45) is 0 Å². The number of benzene rings is 1. The molecule has 2 saturated heterocycles. The molecule has 31 heavy (non-hydrogen) atoms. The molecule has 0 bridgehead atoms. The Morgan fingerprint density at radius 1 is 1.19 bits per heavy atom. The summed E-state index contributed by atoms with van der Waals surface area (Å²) in [4.78, 5) is 21.5. The van der Waals surface area contributed by atoms with Gasteiger partial charge in [0, 0.05) is 52.8 Å². The summed E-state index contributed by atoms with van der Waals surface area (Å²) in [6.45, 7) is 4.13. The van der Waals surface area contributed by atoms with Crippen molar-refractivity contribution in [3.05, 3.63) is 59.8 Å². The van der Waals surface area contributed by atoms with Gasteiger partial charge in [0.25, 0.3) is 5.91 Å². The Kier molecular flexibility index (Phi) is 6.58. The van der Waals surface area contributed by atoms with Gasteiger partial charge in [-0.05, 0) is 37.5 Å². The van der Waals surface area contributed by atoms with Gasteiger partial charge in [0.2, 0.25) is 0 Å². The average Bonchev–Trinajstić information content (AvgIpc) is 2.80. The van der Waals surface area contributed by atoms with E-state index in [4.69, 9.17) is 9.47 Å². The van der Waals surface area contributed by atoms with Gasteiger partial charge in [-0.1, -0.05) is 30.3 Å². The molecular weight excluding hydrogens is 390 g/mol. The fourth-order valence-electron chi connectivity index (χ4n) is 4.90. The third-order valence-corrected chi connectivity index (χ3v) is 6.45. The minimum atomic E-state index is -0.241. The number of hydrogen-bond acceptors (Lipinski definition) is 5. The summed E-state index contributed by atoms with van der Waals surface area (Å²) in [5.74, 6) is 0.755. The number of hydrogen-bond donors (Lipinski definition) is 0. The fourth-order valence-corrected chi connectivity index (χ4v) is 4.90. The molecule has 2 fully saturated rings. The number of rotatable bonds is 5. The summed E-state index contributed by atoms with van der Waals surface area (Å²) >= 11 is 0. The van der Waals surface area contributed by atoms with Crippen LogP contribution in [0, 0.1) is 0 Å². The van der Waals surface area contributed by atoms with Crippen molar-refractivity contribution in [1.82, 2.24) is 9.88 Å². The summed E-state index contributed by atoms with van der Waals surface area (Å²) in [5.41, 5.74) is 1.62. The summed E-state index contributed by atoms with van der Waals surface area (Å²) in [7, 11) is 3.83. The number of ether oxygens (including phenoxy) is 2. The molecule has 2 aliphatic heterocycles. The molecule has 6 heteroatoms. The van der Waals surface area contributed by atoms with Crippen molar-refractivity contribution in [3.8, 4) is 0 Å². The van der Waals surface area contributed by atoms with Crippen LogP contribution in [0.2, 0.25) is 0 Å². The van der Waals surface area contributed by atoms with Crippen LogP contribution in [0.25, 0.3) is 0 Å². The molecule has 2 aromatic rings. The topological polar surface area (TPSA) is 54.9 Å². The van der Waals surface area contributed by atoms with Gasteiger partial charge in [-0.15, -0.1) is 0 Å². The number of likely N-dealkylation sites (tertiary alicyclic amines) is 1. The van der Waals surface area contributed by atoms with Crippen LogP contribution in [-0.2, 0) is 9.47 Å². The lowest BCUT2D eigenvalue weighted by Crippen LogP contribution is -2.52. The first-order chi connectivity index (χ1) is 15.0. The Morgan fingerprint density at radius 3 is 2.61 bits per heavy atom. The Bertz CT molecular complexity index is 879. The van der Waals surface area contributed by atoms with E-state index in [2.05, 4.69) is 36.2 Å². The van der Waals surface area contributed by atoms with Crippen molar-refractivity contribution < 1.29 is 14.3 Å². The smallest absolute Gasteiger partial charge is 0.257 e. The van der Waals surface area contributed by atoms with Crippen LogP contribution in [0.3, 0.4) is 0 Å². The zero-order valence-corrected chi connectivity index (χ0v) is 18.8. The molecule has 1 aromatic heterocycles. The number of nitrogens with zero attached hydrogens (tertiary/aromatic N) is 3. The molecule has 0 radical (unpaired) electrons. The Hall–Kier alpha value is -2.44. The summed E-state index contributed by atoms with van der Waals surface area (Å²) in [5, 5.41) is 0. The van der Waals surface area contributed by atoms with Gasteiger partial charge in [0.15, 0.2) is 0 Å². The predicted octanol–water partition coefficient (Wildman–Crippen LogP) is 4.08. The van der Waals surface area contributed by atoms with E-state index in [1.807, 2.05) is 42.1 Å². The van der Waals surface area contributed by atoms with E-state index in [0.29, 0.717) is 31.1 Å². The lowest BCUT2D eigenvalue weighted by Gasteiger charge is -2.49. The van der Waals surface area contributed by atoms with Gasteiger partial charge < -0.3 is 19.3 Å². The van der Waals surface area contributed by atoms with Crippen molar-refractivity contribution >= 4 is 11.7 Å². The molecule has 0 unspecified atom stereocenters. The molecule has 1 amide bonds. The van der Waals surface area contributed by atoms with Gasteiger partial charge in [0.05, 0.1) is 23.4 Å². The highest BCUT2D eigenvalue weighted by Gasteiger charge is 2.45. The van der Waals surface area contributed by atoms with E-state index in [1.54, 1.807) is 6.20 Å². The molecule has 4 rings (SSSR count).